The Balaban J connectivity index is 2.00. The molecule has 2 heterocycles. The summed E-state index contributed by atoms with van der Waals surface area (Å²) >= 11 is 5.62. The standard InChI is InChI=1S/C17H19N3S/c21-17-19-15-11-18-14-10-6-5-9-13(14)16(15)20(17)12-7-3-1-2-4-8-12/h5-6,9-12H,1-4,7-8H2,(H,19,21). The van der Waals surface area contributed by atoms with Gasteiger partial charge in [0.1, 0.15) is 0 Å². The number of pyridine rings is 1. The zero-order chi connectivity index (χ0) is 14.2. The number of para-hydroxylation sites is 1. The highest BCUT2D eigenvalue weighted by atomic mass is 32.1. The van der Waals surface area contributed by atoms with E-state index in [9.17, 15) is 0 Å². The summed E-state index contributed by atoms with van der Waals surface area (Å²) in [5, 5.41) is 1.20. The molecule has 0 saturated heterocycles. The number of H-pyrrole nitrogens is 1. The third-order valence-electron chi connectivity index (χ3n) is 4.64. The normalized spacial score (nSPS) is 17.3. The van der Waals surface area contributed by atoms with Gasteiger partial charge < -0.3 is 9.55 Å². The molecule has 1 saturated carbocycles. The van der Waals surface area contributed by atoms with E-state index in [4.69, 9.17) is 12.2 Å². The lowest BCUT2D eigenvalue weighted by atomic mass is 10.1. The average Bonchev–Trinajstić information content (AvgIpc) is 2.68. The Kier molecular flexibility index (Phi) is 3.26. The first-order chi connectivity index (χ1) is 10.3. The summed E-state index contributed by atoms with van der Waals surface area (Å²) in [6.45, 7) is 0. The minimum atomic E-state index is 0.527. The number of rotatable bonds is 1. The van der Waals surface area contributed by atoms with Gasteiger partial charge in [-0.15, -0.1) is 0 Å². The molecule has 0 spiro atoms. The van der Waals surface area contributed by atoms with Crippen molar-refractivity contribution in [2.75, 3.05) is 0 Å². The third kappa shape index (κ3) is 2.18. The van der Waals surface area contributed by atoms with Gasteiger partial charge in [0.2, 0.25) is 0 Å². The van der Waals surface area contributed by atoms with Crippen LogP contribution in [0.15, 0.2) is 30.5 Å². The van der Waals surface area contributed by atoms with E-state index < -0.39 is 0 Å². The predicted octanol–water partition coefficient (Wildman–Crippen LogP) is 5.14. The van der Waals surface area contributed by atoms with Crippen LogP contribution in [-0.4, -0.2) is 14.5 Å². The number of nitrogens with one attached hydrogen (secondary N) is 1. The zero-order valence-electron chi connectivity index (χ0n) is 12.0. The van der Waals surface area contributed by atoms with Gasteiger partial charge in [-0.05, 0) is 31.1 Å². The fraction of sp³-hybridized carbons (Fsp3) is 0.412. The van der Waals surface area contributed by atoms with E-state index in [2.05, 4.69) is 32.7 Å². The number of benzene rings is 1. The average molecular weight is 297 g/mol. The highest BCUT2D eigenvalue weighted by Crippen LogP contribution is 2.33. The number of hydrogen-bond donors (Lipinski definition) is 1. The van der Waals surface area contributed by atoms with Crippen LogP contribution in [0, 0.1) is 4.77 Å². The monoisotopic (exact) mass is 297 g/mol. The molecule has 108 valence electrons. The van der Waals surface area contributed by atoms with E-state index in [1.54, 1.807) is 0 Å². The smallest absolute Gasteiger partial charge is 0.178 e. The molecule has 0 unspecified atom stereocenters. The van der Waals surface area contributed by atoms with Crippen molar-refractivity contribution in [3.8, 4) is 0 Å². The number of hydrogen-bond acceptors (Lipinski definition) is 2. The molecule has 3 nitrogen and oxygen atoms in total. The molecule has 1 aromatic carbocycles. The molecule has 0 radical (unpaired) electrons. The second-order valence-electron chi connectivity index (χ2n) is 5.98. The van der Waals surface area contributed by atoms with Gasteiger partial charge in [0.15, 0.2) is 4.77 Å². The fourth-order valence-electron chi connectivity index (χ4n) is 3.62. The minimum absolute atomic E-state index is 0.527. The summed E-state index contributed by atoms with van der Waals surface area (Å²) in [5.74, 6) is 0. The van der Waals surface area contributed by atoms with Crippen LogP contribution in [0.1, 0.15) is 44.6 Å². The van der Waals surface area contributed by atoms with Gasteiger partial charge in [0.05, 0.1) is 22.7 Å². The van der Waals surface area contributed by atoms with Crippen LogP contribution in [0.4, 0.5) is 0 Å². The first-order valence-electron chi connectivity index (χ1n) is 7.82. The molecule has 1 aliphatic rings. The topological polar surface area (TPSA) is 33.6 Å². The fourth-order valence-corrected chi connectivity index (χ4v) is 3.97. The van der Waals surface area contributed by atoms with Crippen LogP contribution >= 0.6 is 12.2 Å². The molecule has 0 bridgehead atoms. The summed E-state index contributed by atoms with van der Waals surface area (Å²) in [5.41, 5.74) is 3.34. The SMILES string of the molecule is S=c1[nH]c2cnc3ccccc3c2n1C1CCCCCC1. The maximum absolute atomic E-state index is 5.62. The summed E-state index contributed by atoms with van der Waals surface area (Å²) in [4.78, 5) is 7.89. The molecule has 0 atom stereocenters. The van der Waals surface area contributed by atoms with Gasteiger partial charge in [-0.1, -0.05) is 43.9 Å². The van der Waals surface area contributed by atoms with Crippen LogP contribution in [-0.2, 0) is 0 Å². The number of aromatic amines is 1. The Bertz CT molecular complexity index is 838. The van der Waals surface area contributed by atoms with Crippen molar-refractivity contribution in [2.24, 2.45) is 0 Å². The number of imidazole rings is 1. The first kappa shape index (κ1) is 13.0. The number of nitrogens with zero attached hydrogens (tertiary/aromatic N) is 2. The van der Waals surface area contributed by atoms with Crippen molar-refractivity contribution in [2.45, 2.75) is 44.6 Å². The van der Waals surface area contributed by atoms with Crippen molar-refractivity contribution in [1.29, 1.82) is 0 Å². The van der Waals surface area contributed by atoms with E-state index in [1.807, 2.05) is 12.3 Å². The Morgan fingerprint density at radius 3 is 2.67 bits per heavy atom. The molecule has 1 aliphatic carbocycles. The number of fused-ring (bicyclic) bond motifs is 3. The van der Waals surface area contributed by atoms with Gasteiger partial charge in [-0.25, -0.2) is 0 Å². The van der Waals surface area contributed by atoms with Crippen molar-refractivity contribution >= 4 is 34.2 Å². The Hall–Kier alpha value is -1.68. The largest absolute Gasteiger partial charge is 0.329 e. The Morgan fingerprint density at radius 1 is 1.10 bits per heavy atom. The summed E-state index contributed by atoms with van der Waals surface area (Å²) < 4.78 is 3.20. The third-order valence-corrected chi connectivity index (χ3v) is 4.94. The van der Waals surface area contributed by atoms with Crippen molar-refractivity contribution in [1.82, 2.24) is 14.5 Å². The Morgan fingerprint density at radius 2 is 1.86 bits per heavy atom. The summed E-state index contributed by atoms with van der Waals surface area (Å²) in [6, 6.07) is 8.87. The van der Waals surface area contributed by atoms with Gasteiger partial charge >= 0.3 is 0 Å². The molecule has 21 heavy (non-hydrogen) atoms. The van der Waals surface area contributed by atoms with Gasteiger partial charge in [-0.3, -0.25) is 4.98 Å². The molecule has 3 aromatic rings. The van der Waals surface area contributed by atoms with Crippen molar-refractivity contribution in [3.05, 3.63) is 35.2 Å². The molecular weight excluding hydrogens is 278 g/mol. The molecule has 4 rings (SSSR count). The molecule has 4 heteroatoms. The van der Waals surface area contributed by atoms with Crippen LogP contribution in [0.25, 0.3) is 21.9 Å². The van der Waals surface area contributed by atoms with Crippen LogP contribution < -0.4 is 0 Å². The van der Waals surface area contributed by atoms with Crippen molar-refractivity contribution in [3.63, 3.8) is 0 Å². The molecule has 0 amide bonds. The summed E-state index contributed by atoms with van der Waals surface area (Å²) in [6.07, 6.45) is 9.71. The molecule has 2 aromatic heterocycles. The zero-order valence-corrected chi connectivity index (χ0v) is 12.8. The quantitative estimate of drug-likeness (QED) is 0.498. The van der Waals surface area contributed by atoms with E-state index in [-0.39, 0.29) is 0 Å². The number of aromatic nitrogens is 3. The van der Waals surface area contributed by atoms with E-state index in [1.165, 1.54) is 49.4 Å². The van der Waals surface area contributed by atoms with E-state index >= 15 is 0 Å². The molecular formula is C17H19N3S. The molecule has 1 fully saturated rings. The van der Waals surface area contributed by atoms with Gasteiger partial charge in [-0.2, -0.15) is 0 Å². The predicted molar refractivity (Wildman–Crippen MR) is 89.2 cm³/mol. The highest BCUT2D eigenvalue weighted by molar-refractivity contribution is 7.71. The lowest BCUT2D eigenvalue weighted by molar-refractivity contribution is 0.450. The van der Waals surface area contributed by atoms with Crippen LogP contribution in [0.3, 0.4) is 0 Å². The lowest BCUT2D eigenvalue weighted by Gasteiger charge is -2.17. The molecule has 1 N–H and O–H groups in total. The van der Waals surface area contributed by atoms with E-state index in [0.717, 1.165) is 15.8 Å². The maximum Gasteiger partial charge on any atom is 0.178 e. The first-order valence-corrected chi connectivity index (χ1v) is 8.23. The highest BCUT2D eigenvalue weighted by Gasteiger charge is 2.19. The van der Waals surface area contributed by atoms with Gasteiger partial charge in [0.25, 0.3) is 0 Å². The maximum atomic E-state index is 5.62. The second kappa shape index (κ2) is 5.26. The van der Waals surface area contributed by atoms with Gasteiger partial charge in [0, 0.05) is 11.4 Å². The van der Waals surface area contributed by atoms with Crippen LogP contribution in [0.5, 0.6) is 0 Å². The molecule has 0 aliphatic heterocycles. The minimum Gasteiger partial charge on any atom is -0.329 e. The Labute approximate surface area is 129 Å². The van der Waals surface area contributed by atoms with Crippen LogP contribution in [0.2, 0.25) is 0 Å². The lowest BCUT2D eigenvalue weighted by Crippen LogP contribution is -2.08. The van der Waals surface area contributed by atoms with Crippen molar-refractivity contribution < 1.29 is 0 Å². The van der Waals surface area contributed by atoms with E-state index in [0.29, 0.717) is 6.04 Å². The second-order valence-corrected chi connectivity index (χ2v) is 6.37. The summed E-state index contributed by atoms with van der Waals surface area (Å²) in [7, 11) is 0.